The van der Waals surface area contributed by atoms with Gasteiger partial charge < -0.3 is 10.9 Å². The van der Waals surface area contributed by atoms with Crippen LogP contribution in [0.4, 0.5) is 0 Å². The summed E-state index contributed by atoms with van der Waals surface area (Å²) in [5.41, 5.74) is 0.972. The molecule has 1 aliphatic carbocycles. The minimum absolute atomic E-state index is 0. The van der Waals surface area contributed by atoms with E-state index < -0.39 is 0 Å². The first kappa shape index (κ1) is 12.9. The van der Waals surface area contributed by atoms with Gasteiger partial charge in [0, 0.05) is 5.56 Å². The fourth-order valence-electron chi connectivity index (χ4n) is 2.02. The molecule has 4 heteroatoms. The average Bonchev–Trinajstić information content (AvgIpc) is 3.12. The van der Waals surface area contributed by atoms with E-state index in [4.69, 9.17) is 9.47 Å². The Balaban J connectivity index is 0.000000810. The summed E-state index contributed by atoms with van der Waals surface area (Å²) in [6, 6.07) is 7.72. The number of carbonyl (C=O) groups excluding carboxylic acids is 1. The first-order valence-corrected chi connectivity index (χ1v) is 5.77. The van der Waals surface area contributed by atoms with Gasteiger partial charge in [-0.2, -0.15) is 0 Å². The van der Waals surface area contributed by atoms with Gasteiger partial charge in [-0.1, -0.05) is 18.2 Å². The van der Waals surface area contributed by atoms with Crippen LogP contribution in [0.1, 0.15) is 32.2 Å². The van der Waals surface area contributed by atoms with Crippen molar-refractivity contribution in [3.63, 3.8) is 0 Å². The maximum absolute atomic E-state index is 11.9. The van der Waals surface area contributed by atoms with Crippen molar-refractivity contribution in [1.29, 1.82) is 0 Å². The van der Waals surface area contributed by atoms with Crippen molar-refractivity contribution in [3.05, 3.63) is 29.8 Å². The van der Waals surface area contributed by atoms with E-state index in [0.29, 0.717) is 6.61 Å². The van der Waals surface area contributed by atoms with Crippen LogP contribution in [0.25, 0.3) is 0 Å². The Kier molecular flexibility index (Phi) is 4.13. The minimum atomic E-state index is -0.134. The van der Waals surface area contributed by atoms with Crippen molar-refractivity contribution in [2.24, 2.45) is 0 Å². The molecule has 0 aromatic heterocycles. The molecular formula is C13H15NaO3. The number of hydrogen-bond donors (Lipinski definition) is 0. The summed E-state index contributed by atoms with van der Waals surface area (Å²) >= 11 is 0. The van der Waals surface area contributed by atoms with Gasteiger partial charge >= 0.3 is 35.5 Å². The Morgan fingerprint density at radius 2 is 2.06 bits per heavy atom. The largest absolute Gasteiger partial charge is 1.00 e. The van der Waals surface area contributed by atoms with Crippen LogP contribution in [0.2, 0.25) is 0 Å². The van der Waals surface area contributed by atoms with Crippen molar-refractivity contribution < 1.29 is 45.3 Å². The summed E-state index contributed by atoms with van der Waals surface area (Å²) in [6.45, 7) is 0.599. The summed E-state index contributed by atoms with van der Waals surface area (Å²) in [5.74, 6) is 0.607. The van der Waals surface area contributed by atoms with Crippen molar-refractivity contribution in [1.82, 2.24) is 0 Å². The predicted molar refractivity (Wildman–Crippen MR) is 59.5 cm³/mol. The third-order valence-electron chi connectivity index (χ3n) is 3.05. The van der Waals surface area contributed by atoms with E-state index in [1.165, 1.54) is 0 Å². The molecule has 0 spiro atoms. The third-order valence-corrected chi connectivity index (χ3v) is 3.05. The first-order chi connectivity index (χ1) is 7.84. The van der Waals surface area contributed by atoms with Crippen LogP contribution in [0.5, 0.6) is 5.75 Å². The molecule has 1 aliphatic heterocycles. The smallest absolute Gasteiger partial charge is 1.00 e. The summed E-state index contributed by atoms with van der Waals surface area (Å²) in [4.78, 5) is 11.9. The number of hydrogen-bond acceptors (Lipinski definition) is 3. The van der Waals surface area contributed by atoms with Crippen LogP contribution in [-0.2, 0) is 9.53 Å². The molecule has 0 saturated heterocycles. The molecule has 17 heavy (non-hydrogen) atoms. The minimum Gasteiger partial charge on any atom is -1.00 e. The van der Waals surface area contributed by atoms with Gasteiger partial charge in [-0.05, 0) is 25.3 Å². The summed E-state index contributed by atoms with van der Waals surface area (Å²) < 4.78 is 10.9. The molecular weight excluding hydrogens is 227 g/mol. The molecule has 0 bridgehead atoms. The topological polar surface area (TPSA) is 35.5 Å². The Bertz CT molecular complexity index is 420. The van der Waals surface area contributed by atoms with Gasteiger partial charge in [-0.15, -0.1) is 0 Å². The normalized spacial score (nSPS) is 21.8. The molecule has 3 rings (SSSR count). The Morgan fingerprint density at radius 3 is 2.82 bits per heavy atom. The average molecular weight is 242 g/mol. The van der Waals surface area contributed by atoms with Crippen LogP contribution in [-0.4, -0.2) is 18.7 Å². The zero-order valence-corrected chi connectivity index (χ0v) is 12.0. The zero-order chi connectivity index (χ0) is 11.0. The zero-order valence-electron chi connectivity index (χ0n) is 11.0. The molecule has 1 saturated carbocycles. The molecule has 3 nitrogen and oxygen atoms in total. The number of esters is 1. The van der Waals surface area contributed by atoms with Gasteiger partial charge in [0.2, 0.25) is 0 Å². The Morgan fingerprint density at radius 1 is 1.29 bits per heavy atom. The van der Waals surface area contributed by atoms with Gasteiger partial charge in [-0.25, -0.2) is 0 Å². The van der Waals surface area contributed by atoms with Gasteiger partial charge in [0.15, 0.2) is 0 Å². The quantitative estimate of drug-likeness (QED) is 0.512. The molecule has 0 amide bonds. The molecule has 0 N–H and O–H groups in total. The molecule has 1 fully saturated rings. The summed E-state index contributed by atoms with van der Waals surface area (Å²) in [6.07, 6.45) is 2.96. The molecule has 86 valence electrons. The standard InChI is InChI=1S/C13H14O3.Na.H/c14-13(16-9-5-6-9)11-7-8-15-12-4-2-1-3-10(11)12;;/h1-4,9,11H,5-8H2;;/q;+1;-1. The monoisotopic (exact) mass is 242 g/mol. The second kappa shape index (κ2) is 5.42. The Hall–Kier alpha value is -0.510. The molecule has 1 aromatic carbocycles. The molecule has 2 aliphatic rings. The fourth-order valence-corrected chi connectivity index (χ4v) is 2.02. The van der Waals surface area contributed by atoms with Crippen LogP contribution < -0.4 is 34.3 Å². The number of rotatable bonds is 2. The number of ether oxygens (including phenoxy) is 2. The second-order valence-corrected chi connectivity index (χ2v) is 4.36. The molecule has 1 unspecified atom stereocenters. The van der Waals surface area contributed by atoms with Crippen molar-refractivity contribution >= 4 is 5.97 Å². The van der Waals surface area contributed by atoms with E-state index >= 15 is 0 Å². The maximum atomic E-state index is 11.9. The van der Waals surface area contributed by atoms with Crippen molar-refractivity contribution in [2.45, 2.75) is 31.3 Å². The van der Waals surface area contributed by atoms with Crippen molar-refractivity contribution in [2.75, 3.05) is 6.61 Å². The van der Waals surface area contributed by atoms with Gasteiger partial charge in [-0.3, -0.25) is 4.79 Å². The van der Waals surface area contributed by atoms with E-state index in [0.717, 1.165) is 30.6 Å². The fraction of sp³-hybridized carbons (Fsp3) is 0.462. The first-order valence-electron chi connectivity index (χ1n) is 5.77. The van der Waals surface area contributed by atoms with Gasteiger partial charge in [0.05, 0.1) is 12.5 Å². The van der Waals surface area contributed by atoms with E-state index in [2.05, 4.69) is 0 Å². The van der Waals surface area contributed by atoms with Gasteiger partial charge in [0.1, 0.15) is 11.9 Å². The van der Waals surface area contributed by atoms with E-state index in [1.807, 2.05) is 24.3 Å². The van der Waals surface area contributed by atoms with Crippen LogP contribution in [0, 0.1) is 0 Å². The third kappa shape index (κ3) is 2.84. The summed E-state index contributed by atoms with van der Waals surface area (Å²) in [5, 5.41) is 0. The molecule has 0 radical (unpaired) electrons. The maximum Gasteiger partial charge on any atom is 1.00 e. The number of carbonyl (C=O) groups is 1. The number of para-hydroxylation sites is 1. The molecule has 1 atom stereocenters. The predicted octanol–water partition coefficient (Wildman–Crippen LogP) is -0.625. The van der Waals surface area contributed by atoms with E-state index in [9.17, 15) is 4.79 Å². The van der Waals surface area contributed by atoms with Crippen LogP contribution in [0.3, 0.4) is 0 Å². The van der Waals surface area contributed by atoms with Crippen LogP contribution in [0.15, 0.2) is 24.3 Å². The molecule has 1 heterocycles. The summed E-state index contributed by atoms with van der Waals surface area (Å²) in [7, 11) is 0. The molecule has 1 aromatic rings. The van der Waals surface area contributed by atoms with E-state index in [1.54, 1.807) is 0 Å². The van der Waals surface area contributed by atoms with Crippen LogP contribution >= 0.6 is 0 Å². The number of fused-ring (bicyclic) bond motifs is 1. The Labute approximate surface area is 124 Å². The SMILES string of the molecule is O=C(OC1CC1)C1CCOc2ccccc21.[H-].[Na+]. The van der Waals surface area contributed by atoms with Gasteiger partial charge in [0.25, 0.3) is 0 Å². The second-order valence-electron chi connectivity index (χ2n) is 4.36. The number of benzene rings is 1. The van der Waals surface area contributed by atoms with Crippen molar-refractivity contribution in [3.8, 4) is 5.75 Å². The van der Waals surface area contributed by atoms with E-state index in [-0.39, 0.29) is 49.0 Å².